The number of ketones is 1. The summed E-state index contributed by atoms with van der Waals surface area (Å²) in [6, 6.07) is 7.25. The van der Waals surface area contributed by atoms with Crippen molar-refractivity contribution in [3.05, 3.63) is 51.9 Å². The van der Waals surface area contributed by atoms with E-state index in [1.165, 1.54) is 11.3 Å². The molecular formula is C15H12O3S. The zero-order chi connectivity index (χ0) is 13.4. The van der Waals surface area contributed by atoms with Crippen LogP contribution in [0.15, 0.2) is 40.3 Å². The smallest absolute Gasteiger partial charge is 0.206 e. The van der Waals surface area contributed by atoms with E-state index in [0.717, 1.165) is 16.7 Å². The van der Waals surface area contributed by atoms with Gasteiger partial charge in [0.1, 0.15) is 11.3 Å². The van der Waals surface area contributed by atoms with E-state index in [9.17, 15) is 4.79 Å². The van der Waals surface area contributed by atoms with Crippen LogP contribution in [-0.4, -0.2) is 12.9 Å². The first kappa shape index (κ1) is 12.0. The fourth-order valence-electron chi connectivity index (χ4n) is 2.16. The molecule has 1 aromatic carbocycles. The first-order chi connectivity index (χ1) is 9.22. The monoisotopic (exact) mass is 272 g/mol. The van der Waals surface area contributed by atoms with Gasteiger partial charge in [0.05, 0.1) is 29.2 Å². The zero-order valence-electron chi connectivity index (χ0n) is 10.6. The van der Waals surface area contributed by atoms with Gasteiger partial charge >= 0.3 is 0 Å². The van der Waals surface area contributed by atoms with Crippen molar-refractivity contribution >= 4 is 28.1 Å². The molecule has 0 radical (unpaired) electrons. The lowest BCUT2D eigenvalue weighted by molar-refractivity contribution is 0.104. The molecule has 4 heteroatoms. The molecule has 0 N–H and O–H groups in total. The van der Waals surface area contributed by atoms with Crippen molar-refractivity contribution in [1.82, 2.24) is 0 Å². The fraction of sp³-hybridized carbons (Fsp3) is 0.133. The Hall–Kier alpha value is -2.07. The van der Waals surface area contributed by atoms with Gasteiger partial charge in [0.2, 0.25) is 5.78 Å². The molecule has 0 aliphatic rings. The Labute approximate surface area is 114 Å². The molecule has 0 saturated heterocycles. The van der Waals surface area contributed by atoms with E-state index >= 15 is 0 Å². The summed E-state index contributed by atoms with van der Waals surface area (Å²) in [4.78, 5) is 13.1. The molecule has 0 fully saturated rings. The summed E-state index contributed by atoms with van der Waals surface area (Å²) in [6.07, 6.45) is 1.65. The van der Waals surface area contributed by atoms with Gasteiger partial charge in [-0.1, -0.05) is 6.07 Å². The van der Waals surface area contributed by atoms with Gasteiger partial charge in [-0.2, -0.15) is 0 Å². The van der Waals surface area contributed by atoms with Crippen LogP contribution in [-0.2, 0) is 0 Å². The average Bonchev–Trinajstić information content (AvgIpc) is 3.07. The Kier molecular flexibility index (Phi) is 2.87. The first-order valence-corrected chi connectivity index (χ1v) is 6.73. The molecule has 3 aromatic rings. The second kappa shape index (κ2) is 4.55. The number of hydrogen-bond acceptors (Lipinski definition) is 4. The summed E-state index contributed by atoms with van der Waals surface area (Å²) < 4.78 is 10.9. The Morgan fingerprint density at radius 1 is 1.32 bits per heavy atom. The highest BCUT2D eigenvalue weighted by Gasteiger charge is 2.19. The summed E-state index contributed by atoms with van der Waals surface area (Å²) in [5.41, 5.74) is 2.13. The van der Waals surface area contributed by atoms with Crippen LogP contribution in [0.2, 0.25) is 0 Å². The van der Waals surface area contributed by atoms with E-state index in [-0.39, 0.29) is 5.78 Å². The maximum absolute atomic E-state index is 12.4. The van der Waals surface area contributed by atoms with Crippen LogP contribution in [0, 0.1) is 6.92 Å². The SMILES string of the molecule is COc1ccc(C(=O)c2cccs2)c2occ(C)c12. The lowest BCUT2D eigenvalue weighted by atomic mass is 10.0. The molecule has 0 aliphatic carbocycles. The van der Waals surface area contributed by atoms with Crippen molar-refractivity contribution in [3.63, 3.8) is 0 Å². The van der Waals surface area contributed by atoms with Crippen LogP contribution in [0.4, 0.5) is 0 Å². The van der Waals surface area contributed by atoms with E-state index in [2.05, 4.69) is 0 Å². The third-order valence-electron chi connectivity index (χ3n) is 3.08. The number of thiophene rings is 1. The number of methoxy groups -OCH3 is 1. The van der Waals surface area contributed by atoms with Crippen LogP contribution in [0.25, 0.3) is 11.0 Å². The van der Waals surface area contributed by atoms with Gasteiger partial charge in [0, 0.05) is 0 Å². The highest BCUT2D eigenvalue weighted by molar-refractivity contribution is 7.12. The minimum Gasteiger partial charge on any atom is -0.496 e. The molecule has 0 bridgehead atoms. The molecule has 0 spiro atoms. The van der Waals surface area contributed by atoms with Crippen molar-refractivity contribution in [2.45, 2.75) is 6.92 Å². The third-order valence-corrected chi connectivity index (χ3v) is 3.95. The van der Waals surface area contributed by atoms with E-state index in [1.807, 2.05) is 30.5 Å². The maximum atomic E-state index is 12.4. The topological polar surface area (TPSA) is 39.4 Å². The average molecular weight is 272 g/mol. The van der Waals surface area contributed by atoms with Gasteiger partial charge in [-0.25, -0.2) is 0 Å². The van der Waals surface area contributed by atoms with Gasteiger partial charge < -0.3 is 9.15 Å². The summed E-state index contributed by atoms with van der Waals surface area (Å²) in [5, 5.41) is 2.76. The molecule has 0 unspecified atom stereocenters. The Balaban J connectivity index is 2.23. The number of fused-ring (bicyclic) bond motifs is 1. The summed E-state index contributed by atoms with van der Waals surface area (Å²) >= 11 is 1.43. The number of carbonyl (C=O) groups is 1. The molecule has 19 heavy (non-hydrogen) atoms. The summed E-state index contributed by atoms with van der Waals surface area (Å²) in [5.74, 6) is 0.709. The zero-order valence-corrected chi connectivity index (χ0v) is 11.4. The number of furan rings is 1. The highest BCUT2D eigenvalue weighted by Crippen LogP contribution is 2.34. The standard InChI is InChI=1S/C15H12O3S/c1-9-8-18-15-10(5-6-11(17-2)13(9)15)14(16)12-4-3-7-19-12/h3-8H,1-2H3. The third kappa shape index (κ3) is 1.85. The van der Waals surface area contributed by atoms with Crippen LogP contribution in [0.5, 0.6) is 5.75 Å². The largest absolute Gasteiger partial charge is 0.496 e. The number of ether oxygens (including phenoxy) is 1. The summed E-state index contributed by atoms with van der Waals surface area (Å²) in [6.45, 7) is 1.94. The Morgan fingerprint density at radius 2 is 2.16 bits per heavy atom. The minimum atomic E-state index is -0.0167. The Morgan fingerprint density at radius 3 is 2.84 bits per heavy atom. The van der Waals surface area contributed by atoms with Gasteiger partial charge in [0.15, 0.2) is 0 Å². The molecule has 3 nitrogen and oxygen atoms in total. The molecular weight excluding hydrogens is 260 g/mol. The lowest BCUT2D eigenvalue weighted by Crippen LogP contribution is -1.99. The first-order valence-electron chi connectivity index (χ1n) is 5.85. The normalized spacial score (nSPS) is 10.8. The Bertz CT molecular complexity index is 738. The van der Waals surface area contributed by atoms with Gasteiger partial charge in [0.25, 0.3) is 0 Å². The molecule has 96 valence electrons. The molecule has 0 saturated carbocycles. The maximum Gasteiger partial charge on any atom is 0.206 e. The van der Waals surface area contributed by atoms with E-state index in [0.29, 0.717) is 16.0 Å². The fourth-order valence-corrected chi connectivity index (χ4v) is 2.83. The molecule has 2 heterocycles. The number of hydrogen-bond donors (Lipinski definition) is 0. The van der Waals surface area contributed by atoms with Crippen molar-refractivity contribution in [2.75, 3.05) is 7.11 Å². The second-order valence-electron chi connectivity index (χ2n) is 4.24. The van der Waals surface area contributed by atoms with E-state index in [4.69, 9.17) is 9.15 Å². The predicted octanol–water partition coefficient (Wildman–Crippen LogP) is 4.04. The molecule has 0 aliphatic heterocycles. The van der Waals surface area contributed by atoms with Crippen molar-refractivity contribution < 1.29 is 13.9 Å². The van der Waals surface area contributed by atoms with Crippen molar-refractivity contribution in [2.24, 2.45) is 0 Å². The number of carbonyl (C=O) groups excluding carboxylic acids is 1. The number of rotatable bonds is 3. The van der Waals surface area contributed by atoms with E-state index < -0.39 is 0 Å². The van der Waals surface area contributed by atoms with Gasteiger partial charge in [-0.05, 0) is 36.1 Å². The van der Waals surface area contributed by atoms with E-state index in [1.54, 1.807) is 19.4 Å². The molecule has 0 atom stereocenters. The van der Waals surface area contributed by atoms with Crippen molar-refractivity contribution in [3.8, 4) is 5.75 Å². The van der Waals surface area contributed by atoms with Gasteiger partial charge in [-0.15, -0.1) is 11.3 Å². The van der Waals surface area contributed by atoms with Crippen LogP contribution in [0.3, 0.4) is 0 Å². The second-order valence-corrected chi connectivity index (χ2v) is 5.19. The molecule has 2 aromatic heterocycles. The predicted molar refractivity (Wildman–Crippen MR) is 75.3 cm³/mol. The van der Waals surface area contributed by atoms with Crippen LogP contribution in [0.1, 0.15) is 20.8 Å². The highest BCUT2D eigenvalue weighted by atomic mass is 32.1. The minimum absolute atomic E-state index is 0.0167. The number of benzene rings is 1. The number of aryl methyl sites for hydroxylation is 1. The van der Waals surface area contributed by atoms with Gasteiger partial charge in [-0.3, -0.25) is 4.79 Å². The van der Waals surface area contributed by atoms with Crippen molar-refractivity contribution in [1.29, 1.82) is 0 Å². The molecule has 3 rings (SSSR count). The molecule has 0 amide bonds. The lowest BCUT2D eigenvalue weighted by Gasteiger charge is -2.05. The quantitative estimate of drug-likeness (QED) is 0.675. The summed E-state index contributed by atoms with van der Waals surface area (Å²) in [7, 11) is 1.61. The van der Waals surface area contributed by atoms with Crippen LogP contribution < -0.4 is 4.74 Å². The van der Waals surface area contributed by atoms with Crippen LogP contribution >= 0.6 is 11.3 Å².